The first-order valence-electron chi connectivity index (χ1n) is 6.04. The molecule has 0 saturated carbocycles. The van der Waals surface area contributed by atoms with Crippen LogP contribution in [0.4, 0.5) is 4.39 Å². The quantitative estimate of drug-likeness (QED) is 0.742. The Morgan fingerprint density at radius 1 is 0.950 bits per heavy atom. The minimum absolute atomic E-state index is 0.206. The highest BCUT2D eigenvalue weighted by molar-refractivity contribution is 9.10. The van der Waals surface area contributed by atoms with Crippen LogP contribution in [0.2, 0.25) is 0 Å². The molecule has 0 fully saturated rings. The number of hydrogen-bond donors (Lipinski definition) is 0. The maximum Gasteiger partial charge on any atom is 0.165 e. The molecule has 3 nitrogen and oxygen atoms in total. The largest absolute Gasteiger partial charge is 0.497 e. The Balaban J connectivity index is 1.79. The zero-order chi connectivity index (χ0) is 14.4. The van der Waals surface area contributed by atoms with Crippen molar-refractivity contribution in [3.63, 3.8) is 0 Å². The van der Waals surface area contributed by atoms with E-state index in [-0.39, 0.29) is 12.4 Å². The van der Waals surface area contributed by atoms with Gasteiger partial charge in [0.15, 0.2) is 11.6 Å². The molecule has 106 valence electrons. The van der Waals surface area contributed by atoms with Gasteiger partial charge in [-0.15, -0.1) is 0 Å². The third-order valence-electron chi connectivity index (χ3n) is 2.56. The van der Waals surface area contributed by atoms with E-state index in [0.717, 1.165) is 10.2 Å². The third kappa shape index (κ3) is 4.13. The lowest BCUT2D eigenvalue weighted by Gasteiger charge is -2.09. The second-order valence-corrected chi connectivity index (χ2v) is 4.86. The maximum atomic E-state index is 13.4. The van der Waals surface area contributed by atoms with Gasteiger partial charge in [0.2, 0.25) is 0 Å². The minimum Gasteiger partial charge on any atom is -0.497 e. The molecular weight excluding hydrogens is 327 g/mol. The van der Waals surface area contributed by atoms with E-state index in [1.54, 1.807) is 31.4 Å². The summed E-state index contributed by atoms with van der Waals surface area (Å²) in [5, 5.41) is 0. The number of ether oxygens (including phenoxy) is 3. The first kappa shape index (κ1) is 14.7. The predicted molar refractivity (Wildman–Crippen MR) is 78.1 cm³/mol. The molecule has 0 aliphatic rings. The number of benzene rings is 2. The van der Waals surface area contributed by atoms with E-state index in [9.17, 15) is 4.39 Å². The predicted octanol–water partition coefficient (Wildman–Crippen LogP) is 4.05. The molecule has 0 spiro atoms. The number of hydrogen-bond acceptors (Lipinski definition) is 3. The van der Waals surface area contributed by atoms with Gasteiger partial charge in [-0.2, -0.15) is 0 Å². The smallest absolute Gasteiger partial charge is 0.165 e. The highest BCUT2D eigenvalue weighted by atomic mass is 79.9. The van der Waals surface area contributed by atoms with Crippen molar-refractivity contribution in [1.82, 2.24) is 0 Å². The molecule has 2 aromatic rings. The van der Waals surface area contributed by atoms with Gasteiger partial charge in [0.25, 0.3) is 0 Å². The van der Waals surface area contributed by atoms with Crippen molar-refractivity contribution < 1.29 is 18.6 Å². The first-order chi connectivity index (χ1) is 9.69. The van der Waals surface area contributed by atoms with Gasteiger partial charge < -0.3 is 14.2 Å². The summed E-state index contributed by atoms with van der Waals surface area (Å²) in [7, 11) is 1.61. The lowest BCUT2D eigenvalue weighted by Crippen LogP contribution is -2.09. The number of halogens is 2. The van der Waals surface area contributed by atoms with E-state index >= 15 is 0 Å². The van der Waals surface area contributed by atoms with Gasteiger partial charge >= 0.3 is 0 Å². The summed E-state index contributed by atoms with van der Waals surface area (Å²) in [6, 6.07) is 11.8. The van der Waals surface area contributed by atoms with E-state index in [4.69, 9.17) is 14.2 Å². The van der Waals surface area contributed by atoms with Crippen LogP contribution in [0.5, 0.6) is 17.2 Å². The molecule has 0 radical (unpaired) electrons. The molecule has 0 amide bonds. The van der Waals surface area contributed by atoms with Gasteiger partial charge in [-0.3, -0.25) is 0 Å². The van der Waals surface area contributed by atoms with Crippen molar-refractivity contribution in [1.29, 1.82) is 0 Å². The fraction of sp³-hybridized carbons (Fsp3) is 0.200. The van der Waals surface area contributed by atoms with Gasteiger partial charge in [0.05, 0.1) is 7.11 Å². The fourth-order valence-electron chi connectivity index (χ4n) is 1.57. The SMILES string of the molecule is COc1ccc(OCCOc2cc(Br)ccc2F)cc1. The van der Waals surface area contributed by atoms with E-state index < -0.39 is 5.82 Å². The van der Waals surface area contributed by atoms with Crippen molar-refractivity contribution >= 4 is 15.9 Å². The molecule has 0 atom stereocenters. The van der Waals surface area contributed by atoms with Crippen LogP contribution in [0.15, 0.2) is 46.9 Å². The molecule has 0 bridgehead atoms. The van der Waals surface area contributed by atoms with Crippen LogP contribution in [-0.2, 0) is 0 Å². The topological polar surface area (TPSA) is 27.7 Å². The van der Waals surface area contributed by atoms with Crippen LogP contribution >= 0.6 is 15.9 Å². The summed E-state index contributed by atoms with van der Waals surface area (Å²) in [4.78, 5) is 0. The first-order valence-corrected chi connectivity index (χ1v) is 6.83. The molecule has 0 aliphatic carbocycles. The Labute approximate surface area is 125 Å². The van der Waals surface area contributed by atoms with Crippen LogP contribution in [0.1, 0.15) is 0 Å². The summed E-state index contributed by atoms with van der Waals surface area (Å²) in [5.74, 6) is 1.30. The Kier molecular flexibility index (Phi) is 5.24. The number of rotatable bonds is 6. The highest BCUT2D eigenvalue weighted by Gasteiger charge is 2.04. The molecular formula is C15H14BrFO3. The van der Waals surface area contributed by atoms with Gasteiger partial charge in [0, 0.05) is 4.47 Å². The van der Waals surface area contributed by atoms with E-state index in [0.29, 0.717) is 12.4 Å². The van der Waals surface area contributed by atoms with Crippen molar-refractivity contribution in [2.75, 3.05) is 20.3 Å². The second-order valence-electron chi connectivity index (χ2n) is 3.95. The molecule has 0 unspecified atom stereocenters. The van der Waals surface area contributed by atoms with Crippen LogP contribution in [0.3, 0.4) is 0 Å². The molecule has 0 N–H and O–H groups in total. The summed E-state index contributed by atoms with van der Waals surface area (Å²) in [5.41, 5.74) is 0. The Morgan fingerprint density at radius 2 is 1.60 bits per heavy atom. The van der Waals surface area contributed by atoms with E-state index in [1.807, 2.05) is 12.1 Å². The minimum atomic E-state index is -0.391. The summed E-state index contributed by atoms with van der Waals surface area (Å²) in [6.45, 7) is 0.595. The standard InChI is InChI=1S/C15H14BrFO3/c1-18-12-3-5-13(6-4-12)19-8-9-20-15-10-11(16)2-7-14(15)17/h2-7,10H,8-9H2,1H3. The van der Waals surface area contributed by atoms with Crippen LogP contribution in [-0.4, -0.2) is 20.3 Å². The molecule has 0 saturated heterocycles. The Morgan fingerprint density at radius 3 is 2.30 bits per heavy atom. The van der Waals surface area contributed by atoms with Crippen LogP contribution < -0.4 is 14.2 Å². The molecule has 0 aliphatic heterocycles. The normalized spacial score (nSPS) is 10.2. The van der Waals surface area contributed by atoms with Gasteiger partial charge in [-0.05, 0) is 42.5 Å². The lowest BCUT2D eigenvalue weighted by molar-refractivity contribution is 0.211. The van der Waals surface area contributed by atoms with Crippen LogP contribution in [0.25, 0.3) is 0 Å². The van der Waals surface area contributed by atoms with E-state index in [1.165, 1.54) is 6.07 Å². The van der Waals surface area contributed by atoms with Crippen molar-refractivity contribution in [2.45, 2.75) is 0 Å². The second kappa shape index (κ2) is 7.14. The summed E-state index contributed by atoms with van der Waals surface area (Å²) < 4.78 is 30.0. The molecule has 2 rings (SSSR count). The fourth-order valence-corrected chi connectivity index (χ4v) is 1.91. The van der Waals surface area contributed by atoms with Crippen molar-refractivity contribution in [3.8, 4) is 17.2 Å². The van der Waals surface area contributed by atoms with Gasteiger partial charge in [-0.1, -0.05) is 15.9 Å². The molecule has 5 heteroatoms. The highest BCUT2D eigenvalue weighted by Crippen LogP contribution is 2.22. The Hall–Kier alpha value is -1.75. The zero-order valence-electron chi connectivity index (χ0n) is 10.9. The summed E-state index contributed by atoms with van der Waals surface area (Å²) in [6.07, 6.45) is 0. The van der Waals surface area contributed by atoms with Crippen molar-refractivity contribution in [3.05, 3.63) is 52.8 Å². The molecule has 0 heterocycles. The maximum absolute atomic E-state index is 13.4. The van der Waals surface area contributed by atoms with Gasteiger partial charge in [0.1, 0.15) is 24.7 Å². The Bertz CT molecular complexity index is 558. The number of methoxy groups -OCH3 is 1. The zero-order valence-corrected chi connectivity index (χ0v) is 12.5. The van der Waals surface area contributed by atoms with E-state index in [2.05, 4.69) is 15.9 Å². The monoisotopic (exact) mass is 340 g/mol. The molecule has 20 heavy (non-hydrogen) atoms. The lowest BCUT2D eigenvalue weighted by atomic mass is 10.3. The average molecular weight is 341 g/mol. The van der Waals surface area contributed by atoms with Gasteiger partial charge in [-0.25, -0.2) is 4.39 Å². The van der Waals surface area contributed by atoms with Crippen LogP contribution in [0, 0.1) is 5.82 Å². The molecule has 2 aromatic carbocycles. The summed E-state index contributed by atoms with van der Waals surface area (Å²) >= 11 is 3.27. The third-order valence-corrected chi connectivity index (χ3v) is 3.06. The average Bonchev–Trinajstić information content (AvgIpc) is 2.47. The molecule has 0 aromatic heterocycles. The van der Waals surface area contributed by atoms with Crippen molar-refractivity contribution in [2.24, 2.45) is 0 Å².